The number of fused-ring (bicyclic) bond motifs is 1. The minimum absolute atomic E-state index is 0.00119. The van der Waals surface area contributed by atoms with Crippen LogP contribution in [-0.4, -0.2) is 51.8 Å². The van der Waals surface area contributed by atoms with Gasteiger partial charge in [-0.15, -0.1) is 0 Å². The van der Waals surface area contributed by atoms with Crippen molar-refractivity contribution in [3.8, 4) is 6.07 Å². The molecule has 38 heavy (non-hydrogen) atoms. The topological polar surface area (TPSA) is 120 Å². The quantitative estimate of drug-likeness (QED) is 0.444. The number of benzene rings is 2. The number of alkyl halides is 3. The Balaban J connectivity index is 1.80. The SMILES string of the molecule is CNC(=O)c1ccc(N2C(=O)N(c3ccc(C#N)c(C(F)(F)F)c3)[C@H]3CCC(OS(C)(=O)=O)C[C@@H]32)cc1F. The molecule has 1 N–H and O–H groups in total. The molecule has 1 heterocycles. The van der Waals surface area contributed by atoms with E-state index in [1.165, 1.54) is 36.2 Å². The molecule has 0 aromatic heterocycles. The van der Waals surface area contributed by atoms with Crippen molar-refractivity contribution in [1.82, 2.24) is 5.32 Å². The van der Waals surface area contributed by atoms with Crippen LogP contribution in [0.4, 0.5) is 33.7 Å². The van der Waals surface area contributed by atoms with Gasteiger partial charge in [-0.05, 0) is 55.7 Å². The fourth-order valence-electron chi connectivity index (χ4n) is 5.00. The molecule has 1 aliphatic carbocycles. The van der Waals surface area contributed by atoms with Crippen LogP contribution in [0.25, 0.3) is 0 Å². The first-order chi connectivity index (χ1) is 17.7. The summed E-state index contributed by atoms with van der Waals surface area (Å²) in [6.07, 6.45) is -4.43. The molecule has 4 rings (SSSR count). The number of urea groups is 1. The summed E-state index contributed by atoms with van der Waals surface area (Å²) in [5.41, 5.74) is -2.19. The molecule has 1 aliphatic heterocycles. The lowest BCUT2D eigenvalue weighted by Gasteiger charge is -2.35. The van der Waals surface area contributed by atoms with Gasteiger partial charge < -0.3 is 5.32 Å². The first kappa shape index (κ1) is 27.3. The molecule has 2 aromatic carbocycles. The Labute approximate surface area is 215 Å². The monoisotopic (exact) mass is 554 g/mol. The summed E-state index contributed by atoms with van der Waals surface area (Å²) in [6.45, 7) is 0. The van der Waals surface area contributed by atoms with Crippen LogP contribution in [0.15, 0.2) is 36.4 Å². The fraction of sp³-hybridized carbons (Fsp3) is 0.375. The summed E-state index contributed by atoms with van der Waals surface area (Å²) in [5, 5.41) is 11.4. The summed E-state index contributed by atoms with van der Waals surface area (Å²) >= 11 is 0. The maximum absolute atomic E-state index is 14.8. The molecule has 2 aliphatic rings. The number of anilines is 2. The fourth-order valence-corrected chi connectivity index (χ4v) is 5.67. The van der Waals surface area contributed by atoms with Crippen LogP contribution in [0.2, 0.25) is 0 Å². The number of rotatable bonds is 5. The van der Waals surface area contributed by atoms with Crippen LogP contribution >= 0.6 is 0 Å². The Kier molecular flexibility index (Phi) is 7.11. The summed E-state index contributed by atoms with van der Waals surface area (Å²) in [6, 6.07) is 5.58. The zero-order chi connectivity index (χ0) is 28.0. The summed E-state index contributed by atoms with van der Waals surface area (Å²) < 4.78 is 84.3. The molecule has 0 spiro atoms. The minimum atomic E-state index is -4.86. The Hall–Kier alpha value is -3.70. The number of nitrogens with one attached hydrogen (secondary N) is 1. The molecule has 2 aromatic rings. The van der Waals surface area contributed by atoms with Crippen LogP contribution in [0.5, 0.6) is 0 Å². The van der Waals surface area contributed by atoms with Gasteiger partial charge in [-0.1, -0.05) is 0 Å². The van der Waals surface area contributed by atoms with Gasteiger partial charge in [0, 0.05) is 18.4 Å². The average molecular weight is 555 g/mol. The Morgan fingerprint density at radius 2 is 1.74 bits per heavy atom. The van der Waals surface area contributed by atoms with Gasteiger partial charge in [-0.2, -0.15) is 26.9 Å². The number of carbonyl (C=O) groups excluding carboxylic acids is 2. The predicted molar refractivity (Wildman–Crippen MR) is 127 cm³/mol. The molecule has 2 fully saturated rings. The lowest BCUT2D eigenvalue weighted by molar-refractivity contribution is -0.137. The van der Waals surface area contributed by atoms with Gasteiger partial charge in [0.25, 0.3) is 16.0 Å². The van der Waals surface area contributed by atoms with Crippen molar-refractivity contribution in [3.63, 3.8) is 0 Å². The molecule has 3 amide bonds. The third-order valence-corrected chi connectivity index (χ3v) is 7.15. The van der Waals surface area contributed by atoms with Gasteiger partial charge in [-0.3, -0.25) is 18.8 Å². The van der Waals surface area contributed by atoms with Crippen molar-refractivity contribution in [2.75, 3.05) is 23.1 Å². The van der Waals surface area contributed by atoms with Crippen molar-refractivity contribution < 1.29 is 39.8 Å². The van der Waals surface area contributed by atoms with E-state index in [1.807, 2.05) is 0 Å². The van der Waals surface area contributed by atoms with E-state index in [9.17, 15) is 35.6 Å². The molecular formula is C24H22F4N4O5S. The van der Waals surface area contributed by atoms with Gasteiger partial charge in [0.15, 0.2) is 0 Å². The van der Waals surface area contributed by atoms with Crippen LogP contribution in [0.3, 0.4) is 0 Å². The number of carbonyl (C=O) groups is 2. The van der Waals surface area contributed by atoms with Crippen LogP contribution < -0.4 is 15.1 Å². The highest BCUT2D eigenvalue weighted by atomic mass is 32.2. The van der Waals surface area contributed by atoms with E-state index in [4.69, 9.17) is 9.44 Å². The molecule has 9 nitrogen and oxygen atoms in total. The predicted octanol–water partition coefficient (Wildman–Crippen LogP) is 3.79. The van der Waals surface area contributed by atoms with Gasteiger partial charge in [0.2, 0.25) is 0 Å². The van der Waals surface area contributed by atoms with Gasteiger partial charge in [0.1, 0.15) is 5.82 Å². The third-order valence-electron chi connectivity index (χ3n) is 6.53. The van der Waals surface area contributed by atoms with E-state index in [2.05, 4.69) is 5.32 Å². The van der Waals surface area contributed by atoms with E-state index in [0.29, 0.717) is 6.07 Å². The maximum atomic E-state index is 14.8. The van der Waals surface area contributed by atoms with Crippen molar-refractivity contribution in [1.29, 1.82) is 5.26 Å². The van der Waals surface area contributed by atoms with Crippen molar-refractivity contribution in [2.24, 2.45) is 0 Å². The molecule has 0 radical (unpaired) electrons. The number of nitrogens with zero attached hydrogens (tertiary/aromatic N) is 3. The van der Waals surface area contributed by atoms with Crippen molar-refractivity contribution >= 4 is 33.4 Å². The number of hydrogen-bond donors (Lipinski definition) is 1. The lowest BCUT2D eigenvalue weighted by atomic mass is 9.87. The number of amides is 3. The Morgan fingerprint density at radius 3 is 2.32 bits per heavy atom. The third kappa shape index (κ3) is 5.16. The van der Waals surface area contributed by atoms with Gasteiger partial charge in [-0.25, -0.2) is 9.18 Å². The van der Waals surface area contributed by atoms with E-state index >= 15 is 0 Å². The minimum Gasteiger partial charge on any atom is -0.355 e. The summed E-state index contributed by atoms with van der Waals surface area (Å²) in [4.78, 5) is 27.9. The number of nitriles is 1. The second-order valence-corrected chi connectivity index (χ2v) is 10.6. The molecule has 1 saturated carbocycles. The van der Waals surface area contributed by atoms with E-state index in [-0.39, 0.29) is 36.2 Å². The second kappa shape index (κ2) is 9.88. The van der Waals surface area contributed by atoms with Crippen LogP contribution in [0, 0.1) is 17.1 Å². The van der Waals surface area contributed by atoms with Gasteiger partial charge in [0.05, 0.1) is 47.2 Å². The van der Waals surface area contributed by atoms with E-state index < -0.39 is 63.4 Å². The Bertz CT molecular complexity index is 1440. The Morgan fingerprint density at radius 1 is 1.11 bits per heavy atom. The lowest BCUT2D eigenvalue weighted by Crippen LogP contribution is -2.45. The first-order valence-corrected chi connectivity index (χ1v) is 13.2. The van der Waals surface area contributed by atoms with Crippen LogP contribution in [0.1, 0.15) is 40.7 Å². The number of hydrogen-bond acceptors (Lipinski definition) is 6. The van der Waals surface area contributed by atoms with E-state index in [1.54, 1.807) is 0 Å². The largest absolute Gasteiger partial charge is 0.417 e. The molecule has 3 atom stereocenters. The van der Waals surface area contributed by atoms with Gasteiger partial charge >= 0.3 is 12.2 Å². The standard InChI is InChI=1S/C24H22F4N4O5S/c1-30-22(33)17-7-5-15(10-19(17)25)32-21-11-16(37-38(2,35)36)6-8-20(21)31(23(32)34)14-4-3-13(12-29)18(9-14)24(26,27)28/h3-5,7,9-10,16,20-21H,6,8,11H2,1-2H3,(H,30,33)/t16?,20-,21-/m0/s1. The van der Waals surface area contributed by atoms with Crippen molar-refractivity contribution in [3.05, 3.63) is 58.9 Å². The normalized spacial score (nSPS) is 21.7. The molecule has 202 valence electrons. The first-order valence-electron chi connectivity index (χ1n) is 11.4. The zero-order valence-corrected chi connectivity index (χ0v) is 20.9. The molecule has 1 saturated heterocycles. The highest BCUT2D eigenvalue weighted by Gasteiger charge is 2.51. The zero-order valence-electron chi connectivity index (χ0n) is 20.1. The molecule has 0 bridgehead atoms. The highest BCUT2D eigenvalue weighted by Crippen LogP contribution is 2.43. The summed E-state index contributed by atoms with van der Waals surface area (Å²) in [5.74, 6) is -1.63. The van der Waals surface area contributed by atoms with Crippen LogP contribution in [-0.2, 0) is 20.5 Å². The maximum Gasteiger partial charge on any atom is 0.417 e. The number of halogens is 4. The molecule has 14 heteroatoms. The average Bonchev–Trinajstić information content (AvgIpc) is 3.12. The molecular weight excluding hydrogens is 532 g/mol. The van der Waals surface area contributed by atoms with Crippen molar-refractivity contribution in [2.45, 2.75) is 43.6 Å². The van der Waals surface area contributed by atoms with E-state index in [0.717, 1.165) is 23.3 Å². The second-order valence-electron chi connectivity index (χ2n) is 8.98. The molecule has 1 unspecified atom stereocenters. The highest BCUT2D eigenvalue weighted by molar-refractivity contribution is 7.86. The smallest absolute Gasteiger partial charge is 0.355 e. The summed E-state index contributed by atoms with van der Waals surface area (Å²) in [7, 11) is -2.53.